The van der Waals surface area contributed by atoms with Crippen molar-refractivity contribution in [3.8, 4) is 17.1 Å². The van der Waals surface area contributed by atoms with Gasteiger partial charge < -0.3 is 15.2 Å². The van der Waals surface area contributed by atoms with Crippen LogP contribution in [0, 0.1) is 5.92 Å². The molecule has 2 aromatic rings. The van der Waals surface area contributed by atoms with Crippen molar-refractivity contribution in [2.45, 2.75) is 19.4 Å². The number of aromatic nitrogens is 4. The van der Waals surface area contributed by atoms with Crippen LogP contribution < -0.4 is 10.5 Å². The van der Waals surface area contributed by atoms with Gasteiger partial charge in [-0.05, 0) is 35.9 Å². The molecule has 0 bridgehead atoms. The Kier molecular flexibility index (Phi) is 3.74. The maximum atomic E-state index is 5.96. The number of nitrogens with zero attached hydrogens (tertiary/aromatic N) is 4. The highest BCUT2D eigenvalue weighted by Gasteiger charge is 2.27. The molecule has 2 unspecified atom stereocenters. The molecule has 0 radical (unpaired) electrons. The SMILES string of the molecule is COc1c(N)cccc1-c1nnnn1C(C)C1CCOC1. The lowest BCUT2D eigenvalue weighted by molar-refractivity contribution is 0.173. The normalized spacial score (nSPS) is 19.6. The Labute approximate surface area is 123 Å². The van der Waals surface area contributed by atoms with Gasteiger partial charge in [0.25, 0.3) is 0 Å². The first-order chi connectivity index (χ1) is 10.2. The van der Waals surface area contributed by atoms with Crippen molar-refractivity contribution in [3.63, 3.8) is 0 Å². The van der Waals surface area contributed by atoms with Gasteiger partial charge in [0.1, 0.15) is 0 Å². The number of hydrogen-bond donors (Lipinski definition) is 1. The highest BCUT2D eigenvalue weighted by Crippen LogP contribution is 2.35. The van der Waals surface area contributed by atoms with E-state index in [1.165, 1.54) is 0 Å². The van der Waals surface area contributed by atoms with Crippen LogP contribution in [0.15, 0.2) is 18.2 Å². The van der Waals surface area contributed by atoms with Crippen molar-refractivity contribution >= 4 is 5.69 Å². The average molecular weight is 289 g/mol. The molecule has 1 aromatic carbocycles. The van der Waals surface area contributed by atoms with Crippen LogP contribution in [0.5, 0.6) is 5.75 Å². The van der Waals surface area contributed by atoms with E-state index in [4.69, 9.17) is 15.2 Å². The number of methoxy groups -OCH3 is 1. The fourth-order valence-corrected chi connectivity index (χ4v) is 2.74. The lowest BCUT2D eigenvalue weighted by Crippen LogP contribution is -2.19. The zero-order valence-electron chi connectivity index (χ0n) is 12.2. The largest absolute Gasteiger partial charge is 0.494 e. The quantitative estimate of drug-likeness (QED) is 0.859. The Morgan fingerprint density at radius 2 is 2.33 bits per heavy atom. The molecule has 1 aliphatic rings. The standard InChI is InChI=1S/C14H19N5O2/c1-9(10-6-7-21-8-10)19-14(16-17-18-19)11-4-3-5-12(15)13(11)20-2/h3-5,9-10H,6-8,15H2,1-2H3. The Morgan fingerprint density at radius 1 is 1.48 bits per heavy atom. The van der Waals surface area contributed by atoms with E-state index >= 15 is 0 Å². The highest BCUT2D eigenvalue weighted by atomic mass is 16.5. The summed E-state index contributed by atoms with van der Waals surface area (Å²) in [5.74, 6) is 1.68. The van der Waals surface area contributed by atoms with Crippen LogP contribution in [-0.4, -0.2) is 40.5 Å². The van der Waals surface area contributed by atoms with E-state index < -0.39 is 0 Å². The van der Waals surface area contributed by atoms with Gasteiger partial charge in [0.15, 0.2) is 11.6 Å². The summed E-state index contributed by atoms with van der Waals surface area (Å²) in [6.07, 6.45) is 1.02. The van der Waals surface area contributed by atoms with E-state index in [9.17, 15) is 0 Å². The van der Waals surface area contributed by atoms with E-state index in [0.717, 1.165) is 25.2 Å². The van der Waals surface area contributed by atoms with Crippen LogP contribution in [0.4, 0.5) is 5.69 Å². The number of hydrogen-bond acceptors (Lipinski definition) is 6. The van der Waals surface area contributed by atoms with Crippen molar-refractivity contribution < 1.29 is 9.47 Å². The highest BCUT2D eigenvalue weighted by molar-refractivity contribution is 5.73. The second-order valence-electron chi connectivity index (χ2n) is 5.24. The number of para-hydroxylation sites is 1. The van der Waals surface area contributed by atoms with Crippen LogP contribution >= 0.6 is 0 Å². The van der Waals surface area contributed by atoms with Gasteiger partial charge in [0.05, 0.1) is 31.0 Å². The first-order valence-corrected chi connectivity index (χ1v) is 7.01. The summed E-state index contributed by atoms with van der Waals surface area (Å²) in [5, 5.41) is 12.1. The van der Waals surface area contributed by atoms with Gasteiger partial charge in [0.2, 0.25) is 0 Å². The molecule has 3 rings (SSSR count). The van der Waals surface area contributed by atoms with E-state index in [-0.39, 0.29) is 6.04 Å². The van der Waals surface area contributed by atoms with Gasteiger partial charge in [-0.3, -0.25) is 0 Å². The summed E-state index contributed by atoms with van der Waals surface area (Å²) in [7, 11) is 1.59. The van der Waals surface area contributed by atoms with Crippen LogP contribution in [0.25, 0.3) is 11.4 Å². The molecule has 2 N–H and O–H groups in total. The molecule has 0 spiro atoms. The molecule has 112 valence electrons. The topological polar surface area (TPSA) is 88.1 Å². The molecule has 2 heterocycles. The zero-order chi connectivity index (χ0) is 14.8. The lowest BCUT2D eigenvalue weighted by atomic mass is 10.0. The minimum Gasteiger partial charge on any atom is -0.494 e. The summed E-state index contributed by atoms with van der Waals surface area (Å²) in [6.45, 7) is 3.65. The van der Waals surface area contributed by atoms with Crippen molar-refractivity contribution in [2.75, 3.05) is 26.1 Å². The Bertz CT molecular complexity index is 622. The maximum absolute atomic E-state index is 5.96. The number of rotatable bonds is 4. The third-order valence-electron chi connectivity index (χ3n) is 4.02. The molecule has 0 saturated carbocycles. The Morgan fingerprint density at radius 3 is 3.05 bits per heavy atom. The third-order valence-corrected chi connectivity index (χ3v) is 4.02. The van der Waals surface area contributed by atoms with E-state index in [0.29, 0.717) is 23.2 Å². The predicted molar refractivity (Wildman–Crippen MR) is 77.9 cm³/mol. The first kappa shape index (κ1) is 13.8. The van der Waals surface area contributed by atoms with Crippen molar-refractivity contribution in [2.24, 2.45) is 5.92 Å². The smallest absolute Gasteiger partial charge is 0.186 e. The number of tetrazole rings is 1. The second-order valence-corrected chi connectivity index (χ2v) is 5.24. The fraction of sp³-hybridized carbons (Fsp3) is 0.500. The van der Waals surface area contributed by atoms with Crippen LogP contribution in [0.3, 0.4) is 0 Å². The zero-order valence-corrected chi connectivity index (χ0v) is 12.2. The number of benzene rings is 1. The van der Waals surface area contributed by atoms with Crippen LogP contribution in [-0.2, 0) is 4.74 Å². The molecule has 1 aromatic heterocycles. The molecule has 0 aliphatic carbocycles. The van der Waals surface area contributed by atoms with Crippen LogP contribution in [0.2, 0.25) is 0 Å². The first-order valence-electron chi connectivity index (χ1n) is 7.01. The Hall–Kier alpha value is -2.15. The summed E-state index contributed by atoms with van der Waals surface area (Å²) in [4.78, 5) is 0. The molecule has 2 atom stereocenters. The van der Waals surface area contributed by atoms with Gasteiger partial charge in [-0.25, -0.2) is 4.68 Å². The monoisotopic (exact) mass is 289 g/mol. The van der Waals surface area contributed by atoms with E-state index in [1.807, 2.05) is 16.8 Å². The molecule has 1 aliphatic heterocycles. The molecular weight excluding hydrogens is 270 g/mol. The van der Waals surface area contributed by atoms with Crippen molar-refractivity contribution in [1.29, 1.82) is 0 Å². The van der Waals surface area contributed by atoms with Crippen molar-refractivity contribution in [1.82, 2.24) is 20.2 Å². The van der Waals surface area contributed by atoms with E-state index in [1.54, 1.807) is 13.2 Å². The summed E-state index contributed by atoms with van der Waals surface area (Å²) < 4.78 is 12.7. The van der Waals surface area contributed by atoms with E-state index in [2.05, 4.69) is 22.4 Å². The van der Waals surface area contributed by atoms with Gasteiger partial charge in [0, 0.05) is 12.5 Å². The van der Waals surface area contributed by atoms with Gasteiger partial charge in [-0.15, -0.1) is 5.10 Å². The molecule has 7 heteroatoms. The maximum Gasteiger partial charge on any atom is 0.186 e. The van der Waals surface area contributed by atoms with Crippen molar-refractivity contribution in [3.05, 3.63) is 18.2 Å². The number of ether oxygens (including phenoxy) is 2. The average Bonchev–Trinajstić information content (AvgIpc) is 3.17. The number of anilines is 1. The molecular formula is C14H19N5O2. The molecule has 1 saturated heterocycles. The summed E-state index contributed by atoms with van der Waals surface area (Å²) >= 11 is 0. The lowest BCUT2D eigenvalue weighted by Gasteiger charge is -2.19. The second kappa shape index (κ2) is 5.69. The predicted octanol–water partition coefficient (Wildman–Crippen LogP) is 1.53. The Balaban J connectivity index is 2.01. The fourth-order valence-electron chi connectivity index (χ4n) is 2.74. The minimum absolute atomic E-state index is 0.156. The molecule has 7 nitrogen and oxygen atoms in total. The summed E-state index contributed by atoms with van der Waals surface area (Å²) in [5.41, 5.74) is 7.33. The number of nitrogens with two attached hydrogens (primary N) is 1. The third kappa shape index (κ3) is 2.44. The summed E-state index contributed by atoms with van der Waals surface area (Å²) in [6, 6.07) is 5.74. The van der Waals surface area contributed by atoms with Crippen LogP contribution in [0.1, 0.15) is 19.4 Å². The number of nitrogen functional groups attached to an aromatic ring is 1. The minimum atomic E-state index is 0.156. The van der Waals surface area contributed by atoms with Gasteiger partial charge in [-0.2, -0.15) is 0 Å². The van der Waals surface area contributed by atoms with Gasteiger partial charge in [-0.1, -0.05) is 6.07 Å². The van der Waals surface area contributed by atoms with Gasteiger partial charge >= 0.3 is 0 Å². The molecule has 21 heavy (non-hydrogen) atoms. The molecule has 0 amide bonds. The molecule has 1 fully saturated rings.